The average molecular weight is 384 g/mol. The standard InChI is InChI=1S/C15H18BrN3O2S/c1-3-9(2)17-15-19-14(21)12(22-15)8-13(20)18-11-7-5-4-6-10(11)16/h4-7,9,12H,3,8H2,1-2H3,(H,18,20)(H,17,19,21)/t9-,12+/m0/s1. The van der Waals surface area contributed by atoms with Crippen LogP contribution in [0.5, 0.6) is 0 Å². The van der Waals surface area contributed by atoms with Gasteiger partial charge in [0.2, 0.25) is 11.8 Å². The van der Waals surface area contributed by atoms with Gasteiger partial charge in [-0.1, -0.05) is 30.8 Å². The molecule has 0 saturated carbocycles. The Hall–Kier alpha value is -1.34. The van der Waals surface area contributed by atoms with Crippen LogP contribution in [-0.2, 0) is 9.59 Å². The van der Waals surface area contributed by atoms with Crippen molar-refractivity contribution in [2.24, 2.45) is 4.99 Å². The number of nitrogens with one attached hydrogen (secondary N) is 2. The van der Waals surface area contributed by atoms with Gasteiger partial charge >= 0.3 is 0 Å². The Kier molecular flexibility index (Phi) is 6.02. The van der Waals surface area contributed by atoms with E-state index in [4.69, 9.17) is 0 Å². The van der Waals surface area contributed by atoms with Gasteiger partial charge in [0.05, 0.1) is 5.69 Å². The second-order valence-electron chi connectivity index (χ2n) is 5.02. The molecule has 0 spiro atoms. The largest absolute Gasteiger partial charge is 0.325 e. The van der Waals surface area contributed by atoms with E-state index in [-0.39, 0.29) is 24.3 Å². The SMILES string of the molecule is CC[C@H](C)N=C1NC(=O)[C@@H](CC(=O)Nc2ccccc2Br)S1. The van der Waals surface area contributed by atoms with Crippen molar-refractivity contribution in [2.75, 3.05) is 5.32 Å². The predicted octanol–water partition coefficient (Wildman–Crippen LogP) is 3.16. The van der Waals surface area contributed by atoms with E-state index in [2.05, 4.69) is 31.6 Å². The lowest BCUT2D eigenvalue weighted by atomic mass is 10.2. The third-order valence-electron chi connectivity index (χ3n) is 3.22. The first kappa shape index (κ1) is 17.0. The van der Waals surface area contributed by atoms with Gasteiger partial charge in [0, 0.05) is 16.9 Å². The average Bonchev–Trinajstić information content (AvgIpc) is 2.81. The van der Waals surface area contributed by atoms with Crippen LogP contribution in [0.4, 0.5) is 5.69 Å². The lowest BCUT2D eigenvalue weighted by Crippen LogP contribution is -2.28. The van der Waals surface area contributed by atoms with Gasteiger partial charge in [-0.05, 0) is 41.4 Å². The summed E-state index contributed by atoms with van der Waals surface area (Å²) in [5.41, 5.74) is 0.699. The number of rotatable bonds is 5. The Balaban J connectivity index is 1.94. The van der Waals surface area contributed by atoms with Crippen LogP contribution in [0.1, 0.15) is 26.7 Å². The van der Waals surface area contributed by atoms with Crippen LogP contribution in [-0.4, -0.2) is 28.3 Å². The second-order valence-corrected chi connectivity index (χ2v) is 7.07. The van der Waals surface area contributed by atoms with Crippen LogP contribution in [0.25, 0.3) is 0 Å². The summed E-state index contributed by atoms with van der Waals surface area (Å²) in [7, 11) is 0. The summed E-state index contributed by atoms with van der Waals surface area (Å²) in [5.74, 6) is -0.348. The van der Waals surface area contributed by atoms with Crippen molar-refractivity contribution in [1.82, 2.24) is 5.32 Å². The monoisotopic (exact) mass is 383 g/mol. The molecule has 0 unspecified atom stereocenters. The van der Waals surface area contributed by atoms with Gasteiger partial charge in [-0.3, -0.25) is 14.6 Å². The van der Waals surface area contributed by atoms with Gasteiger partial charge in [-0.2, -0.15) is 0 Å². The Bertz CT molecular complexity index is 606. The molecule has 1 aromatic rings. The Labute approximate surface area is 142 Å². The second kappa shape index (κ2) is 7.78. The van der Waals surface area contributed by atoms with Gasteiger partial charge < -0.3 is 10.6 Å². The first-order valence-electron chi connectivity index (χ1n) is 7.09. The summed E-state index contributed by atoms with van der Waals surface area (Å²) < 4.78 is 0.811. The predicted molar refractivity (Wildman–Crippen MR) is 94.1 cm³/mol. The van der Waals surface area contributed by atoms with E-state index in [9.17, 15) is 9.59 Å². The Morgan fingerprint density at radius 2 is 2.23 bits per heavy atom. The van der Waals surface area contributed by atoms with E-state index in [1.807, 2.05) is 32.0 Å². The zero-order valence-electron chi connectivity index (χ0n) is 12.4. The number of benzene rings is 1. The van der Waals surface area contributed by atoms with Crippen LogP contribution in [0.2, 0.25) is 0 Å². The molecule has 1 saturated heterocycles. The molecule has 1 aliphatic heterocycles. The number of hydrogen-bond donors (Lipinski definition) is 2. The number of carbonyl (C=O) groups is 2. The number of anilines is 1. The Morgan fingerprint density at radius 1 is 1.50 bits per heavy atom. The van der Waals surface area contributed by atoms with Crippen molar-refractivity contribution in [3.8, 4) is 0 Å². The van der Waals surface area contributed by atoms with E-state index in [1.165, 1.54) is 11.8 Å². The minimum atomic E-state index is -0.426. The zero-order valence-corrected chi connectivity index (χ0v) is 14.8. The summed E-state index contributed by atoms with van der Waals surface area (Å²) >= 11 is 4.70. The van der Waals surface area contributed by atoms with E-state index >= 15 is 0 Å². The van der Waals surface area contributed by atoms with Crippen LogP contribution in [0.15, 0.2) is 33.7 Å². The molecule has 1 aliphatic rings. The third-order valence-corrected chi connectivity index (χ3v) is 5.01. The smallest absolute Gasteiger partial charge is 0.240 e. The molecule has 22 heavy (non-hydrogen) atoms. The summed E-state index contributed by atoms with van der Waals surface area (Å²) in [4.78, 5) is 28.4. The maximum Gasteiger partial charge on any atom is 0.240 e. The molecule has 0 radical (unpaired) electrons. The highest BCUT2D eigenvalue weighted by molar-refractivity contribution is 9.10. The van der Waals surface area contributed by atoms with E-state index in [0.29, 0.717) is 10.9 Å². The third kappa shape index (κ3) is 4.58. The number of aliphatic imine (C=N–C) groups is 1. The van der Waals surface area contributed by atoms with Gasteiger partial charge in [0.25, 0.3) is 0 Å². The summed E-state index contributed by atoms with van der Waals surface area (Å²) in [6, 6.07) is 7.53. The summed E-state index contributed by atoms with van der Waals surface area (Å²) in [6.45, 7) is 4.03. The molecule has 2 N–H and O–H groups in total. The van der Waals surface area contributed by atoms with Crippen LogP contribution in [0, 0.1) is 0 Å². The van der Waals surface area contributed by atoms with Crippen molar-refractivity contribution in [1.29, 1.82) is 0 Å². The van der Waals surface area contributed by atoms with Crippen LogP contribution in [0.3, 0.4) is 0 Å². The fourth-order valence-corrected chi connectivity index (χ4v) is 3.28. The first-order valence-corrected chi connectivity index (χ1v) is 8.76. The van der Waals surface area contributed by atoms with Gasteiger partial charge in [-0.25, -0.2) is 0 Å². The highest BCUT2D eigenvalue weighted by Crippen LogP contribution is 2.25. The summed E-state index contributed by atoms with van der Waals surface area (Å²) in [6.07, 6.45) is 1.03. The van der Waals surface area contributed by atoms with E-state index in [0.717, 1.165) is 10.9 Å². The molecule has 0 aromatic heterocycles. The molecule has 2 amide bonds. The molecular weight excluding hydrogens is 366 g/mol. The molecule has 7 heteroatoms. The minimum Gasteiger partial charge on any atom is -0.325 e. The van der Waals surface area contributed by atoms with Gasteiger partial charge in [-0.15, -0.1) is 0 Å². The van der Waals surface area contributed by atoms with Gasteiger partial charge in [0.1, 0.15) is 5.25 Å². The zero-order chi connectivity index (χ0) is 16.1. The number of nitrogens with zero attached hydrogens (tertiary/aromatic N) is 1. The van der Waals surface area contributed by atoms with E-state index in [1.54, 1.807) is 6.07 Å². The molecule has 1 heterocycles. The summed E-state index contributed by atoms with van der Waals surface area (Å²) in [5, 5.41) is 5.72. The maximum absolute atomic E-state index is 12.1. The number of hydrogen-bond acceptors (Lipinski definition) is 4. The highest BCUT2D eigenvalue weighted by atomic mass is 79.9. The quantitative estimate of drug-likeness (QED) is 0.819. The Morgan fingerprint density at radius 3 is 2.91 bits per heavy atom. The minimum absolute atomic E-state index is 0.122. The number of halogens is 1. The molecule has 1 aromatic carbocycles. The molecule has 0 aliphatic carbocycles. The lowest BCUT2D eigenvalue weighted by molar-refractivity contribution is -0.122. The molecule has 2 atom stereocenters. The van der Waals surface area contributed by atoms with Crippen molar-refractivity contribution in [2.45, 2.75) is 38.0 Å². The number of carbonyl (C=O) groups excluding carboxylic acids is 2. The van der Waals surface area contributed by atoms with Crippen molar-refractivity contribution in [3.05, 3.63) is 28.7 Å². The molecule has 118 valence electrons. The fraction of sp³-hybridized carbons (Fsp3) is 0.400. The van der Waals surface area contributed by atoms with Crippen molar-refractivity contribution in [3.63, 3.8) is 0 Å². The number of para-hydroxylation sites is 1. The molecular formula is C15H18BrN3O2S. The van der Waals surface area contributed by atoms with Crippen molar-refractivity contribution >= 4 is 50.4 Å². The lowest BCUT2D eigenvalue weighted by Gasteiger charge is -2.08. The van der Waals surface area contributed by atoms with E-state index < -0.39 is 5.25 Å². The van der Waals surface area contributed by atoms with Crippen LogP contribution >= 0.6 is 27.7 Å². The highest BCUT2D eigenvalue weighted by Gasteiger charge is 2.32. The number of thioether (sulfide) groups is 1. The maximum atomic E-state index is 12.1. The first-order chi connectivity index (χ1) is 10.5. The normalized spacial score (nSPS) is 20.8. The van der Waals surface area contributed by atoms with Crippen molar-refractivity contribution < 1.29 is 9.59 Å². The molecule has 5 nitrogen and oxygen atoms in total. The van der Waals surface area contributed by atoms with Crippen LogP contribution < -0.4 is 10.6 Å². The molecule has 2 rings (SSSR count). The molecule has 0 bridgehead atoms. The van der Waals surface area contributed by atoms with Gasteiger partial charge in [0.15, 0.2) is 5.17 Å². The molecule has 1 fully saturated rings. The number of amides is 2. The number of amidine groups is 1. The topological polar surface area (TPSA) is 70.6 Å². The fourth-order valence-electron chi connectivity index (χ4n) is 1.82.